The summed E-state index contributed by atoms with van der Waals surface area (Å²) in [5, 5.41) is 13.7. The zero-order valence-corrected chi connectivity index (χ0v) is 22.7. The molecule has 0 saturated carbocycles. The summed E-state index contributed by atoms with van der Waals surface area (Å²) in [6, 6.07) is 11.8. The minimum Gasteiger partial charge on any atom is -0.506 e. The van der Waals surface area contributed by atoms with Crippen molar-refractivity contribution in [3.05, 3.63) is 48.5 Å². The van der Waals surface area contributed by atoms with Gasteiger partial charge in [-0.3, -0.25) is 4.72 Å². The molecular weight excluding hydrogens is 534 g/mol. The molecule has 5 rings (SSSR count). The summed E-state index contributed by atoms with van der Waals surface area (Å²) in [4.78, 5) is 17.8. The number of piperidine rings is 2. The number of aromatic nitrogens is 3. The third-order valence-electron chi connectivity index (χ3n) is 6.76. The number of hydrogen-bond acceptors (Lipinski definition) is 13. The maximum absolute atomic E-state index is 12.7. The van der Waals surface area contributed by atoms with E-state index in [0.717, 1.165) is 0 Å². The number of nitrogens with one attached hydrogen (secondary N) is 2. The van der Waals surface area contributed by atoms with Crippen LogP contribution in [0.5, 0.6) is 5.75 Å². The second kappa shape index (κ2) is 11.4. The molecule has 40 heavy (non-hydrogen) atoms. The fraction of sp³-hybridized carbons (Fsp3) is 0.400. The van der Waals surface area contributed by atoms with Crippen LogP contribution in [0.4, 0.5) is 29.2 Å². The lowest BCUT2D eigenvalue weighted by molar-refractivity contribution is 0.441. The molecule has 15 heteroatoms. The van der Waals surface area contributed by atoms with Crippen molar-refractivity contribution in [3.8, 4) is 5.75 Å². The lowest BCUT2D eigenvalue weighted by atomic mass is 10.0. The average Bonchev–Trinajstić information content (AvgIpc) is 2.89. The van der Waals surface area contributed by atoms with Crippen LogP contribution in [0, 0.1) is 0 Å². The number of nitrogens with zero attached hydrogens (tertiary/aromatic N) is 5. The van der Waals surface area contributed by atoms with Crippen molar-refractivity contribution in [2.45, 2.75) is 41.9 Å². The van der Waals surface area contributed by atoms with E-state index >= 15 is 0 Å². The second-order valence-electron chi connectivity index (χ2n) is 10.4. The number of rotatable bonds is 7. The van der Waals surface area contributed by atoms with Crippen molar-refractivity contribution >= 4 is 39.2 Å². The Morgan fingerprint density at radius 2 is 1.30 bits per heavy atom. The van der Waals surface area contributed by atoms with Crippen LogP contribution in [0.1, 0.15) is 12.8 Å². The van der Waals surface area contributed by atoms with Crippen molar-refractivity contribution < 1.29 is 13.5 Å². The van der Waals surface area contributed by atoms with Crippen molar-refractivity contribution in [3.63, 3.8) is 0 Å². The van der Waals surface area contributed by atoms with Gasteiger partial charge < -0.3 is 43.2 Å². The topological polar surface area (TPSA) is 228 Å². The van der Waals surface area contributed by atoms with Crippen molar-refractivity contribution in [2.75, 3.05) is 46.0 Å². The molecule has 2 aliphatic heterocycles. The molecule has 1 aromatic heterocycles. The van der Waals surface area contributed by atoms with Crippen LogP contribution in [-0.4, -0.2) is 78.8 Å². The highest BCUT2D eigenvalue weighted by molar-refractivity contribution is 7.92. The van der Waals surface area contributed by atoms with E-state index in [1.165, 1.54) is 24.3 Å². The number of benzene rings is 2. The maximum atomic E-state index is 12.7. The van der Waals surface area contributed by atoms with E-state index in [4.69, 9.17) is 27.9 Å². The first-order valence-corrected chi connectivity index (χ1v) is 14.5. The standard InChI is InChI=1S/C25H35N11O3S/c26-15-8-16(27)12-35(11-15)24-31-23(32-25(33-24)36-13-17(28)9-18(29)14-36)30-19-6-7-21(22(37)10-19)34-40(38,39)20-4-2-1-3-5-20/h1-7,10,15-18,34,37H,8-9,11-14,26-29H2,(H,30,31,32,33). The highest BCUT2D eigenvalue weighted by atomic mass is 32.2. The number of nitrogens with two attached hydrogens (primary N) is 4. The molecule has 14 nitrogen and oxygen atoms in total. The van der Waals surface area contributed by atoms with Gasteiger partial charge in [0.1, 0.15) is 5.75 Å². The van der Waals surface area contributed by atoms with Gasteiger partial charge in [-0.2, -0.15) is 15.0 Å². The van der Waals surface area contributed by atoms with Gasteiger partial charge in [-0.05, 0) is 37.1 Å². The molecule has 11 N–H and O–H groups in total. The van der Waals surface area contributed by atoms with Crippen molar-refractivity contribution in [2.24, 2.45) is 22.9 Å². The molecule has 2 aromatic carbocycles. The Labute approximate surface area is 232 Å². The third-order valence-corrected chi connectivity index (χ3v) is 8.14. The second-order valence-corrected chi connectivity index (χ2v) is 12.0. The van der Waals surface area contributed by atoms with Crippen LogP contribution in [0.15, 0.2) is 53.4 Å². The first-order valence-electron chi connectivity index (χ1n) is 13.0. The SMILES string of the molecule is NC1CC(N)CN(c2nc(Nc3ccc(NS(=O)(=O)c4ccccc4)c(O)c3)nc(N3CC(N)CC(N)C3)n2)C1. The van der Waals surface area contributed by atoms with Gasteiger partial charge in [0.2, 0.25) is 17.8 Å². The Balaban J connectivity index is 1.42. The minimum atomic E-state index is -3.88. The summed E-state index contributed by atoms with van der Waals surface area (Å²) in [6.07, 6.45) is 1.41. The fourth-order valence-electron chi connectivity index (χ4n) is 5.00. The molecule has 2 fully saturated rings. The van der Waals surface area contributed by atoms with Crippen LogP contribution in [0.2, 0.25) is 0 Å². The number of sulfonamides is 1. The summed E-state index contributed by atoms with van der Waals surface area (Å²) in [7, 11) is -3.88. The molecule has 3 heterocycles. The molecule has 0 amide bonds. The van der Waals surface area contributed by atoms with Crippen molar-refractivity contribution in [1.82, 2.24) is 15.0 Å². The van der Waals surface area contributed by atoms with E-state index in [-0.39, 0.29) is 46.4 Å². The fourth-order valence-corrected chi connectivity index (χ4v) is 6.10. The summed E-state index contributed by atoms with van der Waals surface area (Å²) in [5.74, 6) is 0.752. The summed E-state index contributed by atoms with van der Waals surface area (Å²) < 4.78 is 27.8. The Kier molecular flexibility index (Phi) is 7.91. The van der Waals surface area contributed by atoms with Gasteiger partial charge >= 0.3 is 0 Å². The molecule has 214 valence electrons. The van der Waals surface area contributed by atoms with Crippen molar-refractivity contribution in [1.29, 1.82) is 0 Å². The number of phenols is 1. The monoisotopic (exact) mass is 569 g/mol. The normalized spacial score (nSPS) is 23.6. The molecule has 4 unspecified atom stereocenters. The molecule has 0 aliphatic carbocycles. The van der Waals surface area contributed by atoms with Gasteiger partial charge in [0.05, 0.1) is 10.6 Å². The van der Waals surface area contributed by atoms with E-state index in [1.807, 2.05) is 9.80 Å². The summed E-state index contributed by atoms with van der Waals surface area (Å²) >= 11 is 0. The Morgan fingerprint density at radius 1 is 0.775 bits per heavy atom. The molecule has 2 aliphatic rings. The van der Waals surface area contributed by atoms with Gasteiger partial charge in [-0.15, -0.1) is 0 Å². The van der Waals surface area contributed by atoms with Gasteiger partial charge in [0, 0.05) is 62.1 Å². The van der Waals surface area contributed by atoms with E-state index in [2.05, 4.69) is 20.0 Å². The lowest BCUT2D eigenvalue weighted by Crippen LogP contribution is -2.54. The summed E-state index contributed by atoms with van der Waals surface area (Å²) in [5.41, 5.74) is 25.3. The molecular formula is C25H35N11O3S. The quantitative estimate of drug-likeness (QED) is 0.184. The third kappa shape index (κ3) is 6.51. The predicted molar refractivity (Wildman–Crippen MR) is 154 cm³/mol. The van der Waals surface area contributed by atoms with Crippen LogP contribution >= 0.6 is 0 Å². The van der Waals surface area contributed by atoms with E-state index in [1.54, 1.807) is 24.3 Å². The van der Waals surface area contributed by atoms with Gasteiger partial charge in [0.25, 0.3) is 10.0 Å². The van der Waals surface area contributed by atoms with E-state index in [0.29, 0.717) is 56.6 Å². The average molecular weight is 570 g/mol. The summed E-state index contributed by atoms with van der Waals surface area (Å²) in [6.45, 7) is 2.14. The zero-order valence-electron chi connectivity index (χ0n) is 21.9. The Hall–Kier alpha value is -3.76. The number of phenolic OH excluding ortho intramolecular Hbond substituents is 1. The highest BCUT2D eigenvalue weighted by Crippen LogP contribution is 2.31. The number of hydrogen-bond donors (Lipinski definition) is 7. The highest BCUT2D eigenvalue weighted by Gasteiger charge is 2.29. The minimum absolute atomic E-state index is 0.0269. The van der Waals surface area contributed by atoms with Gasteiger partial charge in [-0.1, -0.05) is 18.2 Å². The Bertz CT molecular complexity index is 1380. The van der Waals surface area contributed by atoms with Gasteiger partial charge in [0.15, 0.2) is 0 Å². The molecule has 0 radical (unpaired) electrons. The molecule has 4 atom stereocenters. The van der Waals surface area contributed by atoms with Crippen LogP contribution < -0.4 is 42.8 Å². The van der Waals surface area contributed by atoms with E-state index in [9.17, 15) is 13.5 Å². The first-order chi connectivity index (χ1) is 19.1. The zero-order chi connectivity index (χ0) is 28.4. The maximum Gasteiger partial charge on any atom is 0.262 e. The van der Waals surface area contributed by atoms with Crippen LogP contribution in [0.3, 0.4) is 0 Å². The molecule has 0 spiro atoms. The number of aromatic hydroxyl groups is 1. The largest absolute Gasteiger partial charge is 0.506 e. The molecule has 2 saturated heterocycles. The lowest BCUT2D eigenvalue weighted by Gasteiger charge is -2.37. The predicted octanol–water partition coefficient (Wildman–Crippen LogP) is -0.149. The Morgan fingerprint density at radius 3 is 1.80 bits per heavy atom. The number of anilines is 5. The van der Waals surface area contributed by atoms with Gasteiger partial charge in [-0.25, -0.2) is 8.42 Å². The van der Waals surface area contributed by atoms with Crippen LogP contribution in [-0.2, 0) is 10.0 Å². The molecule has 3 aromatic rings. The van der Waals surface area contributed by atoms with Crippen LogP contribution in [0.25, 0.3) is 0 Å². The first kappa shape index (κ1) is 27.8. The smallest absolute Gasteiger partial charge is 0.262 e. The molecule has 0 bridgehead atoms. The van der Waals surface area contributed by atoms with E-state index < -0.39 is 10.0 Å².